The Morgan fingerprint density at radius 1 is 1.33 bits per heavy atom. The smallest absolute Gasteiger partial charge is 0.301 e. The molecule has 2 rings (SSSR count). The SMILES string of the molecule is C=C(C)n1c(OCCCCC)nc2ccccc21. The fourth-order valence-corrected chi connectivity index (χ4v) is 1.99. The van der Waals surface area contributed by atoms with Crippen molar-refractivity contribution in [3.8, 4) is 6.01 Å². The van der Waals surface area contributed by atoms with Crippen molar-refractivity contribution in [2.45, 2.75) is 33.1 Å². The standard InChI is InChI=1S/C15H20N2O/c1-4-5-8-11-18-15-16-13-9-6-7-10-14(13)17(15)12(2)3/h6-7,9-10H,2,4-5,8,11H2,1,3H3. The predicted molar refractivity (Wildman–Crippen MR) is 75.8 cm³/mol. The molecule has 3 nitrogen and oxygen atoms in total. The number of hydrogen-bond acceptors (Lipinski definition) is 2. The maximum absolute atomic E-state index is 5.78. The maximum atomic E-state index is 5.78. The Morgan fingerprint density at radius 2 is 2.11 bits per heavy atom. The average molecular weight is 244 g/mol. The summed E-state index contributed by atoms with van der Waals surface area (Å²) in [4.78, 5) is 4.51. The molecule has 0 saturated heterocycles. The van der Waals surface area contributed by atoms with Gasteiger partial charge in [0.1, 0.15) is 0 Å². The molecule has 0 N–H and O–H groups in total. The number of allylic oxidation sites excluding steroid dienone is 1. The van der Waals surface area contributed by atoms with Crippen LogP contribution >= 0.6 is 0 Å². The van der Waals surface area contributed by atoms with E-state index in [4.69, 9.17) is 4.74 Å². The van der Waals surface area contributed by atoms with E-state index in [1.165, 1.54) is 12.8 Å². The fourth-order valence-electron chi connectivity index (χ4n) is 1.99. The van der Waals surface area contributed by atoms with Crippen molar-refractivity contribution < 1.29 is 4.74 Å². The van der Waals surface area contributed by atoms with Gasteiger partial charge in [-0.25, -0.2) is 0 Å². The minimum Gasteiger partial charge on any atom is -0.464 e. The van der Waals surface area contributed by atoms with Crippen LogP contribution in [-0.4, -0.2) is 16.2 Å². The van der Waals surface area contributed by atoms with Gasteiger partial charge in [-0.3, -0.25) is 4.57 Å². The van der Waals surface area contributed by atoms with Gasteiger partial charge in [0.05, 0.1) is 17.6 Å². The maximum Gasteiger partial charge on any atom is 0.301 e. The third-order valence-electron chi connectivity index (χ3n) is 2.89. The Kier molecular flexibility index (Phi) is 4.03. The summed E-state index contributed by atoms with van der Waals surface area (Å²) in [5.74, 6) is 0. The number of para-hydroxylation sites is 2. The fraction of sp³-hybridized carbons (Fsp3) is 0.400. The number of imidazole rings is 1. The van der Waals surface area contributed by atoms with E-state index in [0.29, 0.717) is 12.6 Å². The van der Waals surface area contributed by atoms with Gasteiger partial charge in [-0.05, 0) is 25.5 Å². The summed E-state index contributed by atoms with van der Waals surface area (Å²) in [5.41, 5.74) is 2.93. The molecule has 0 spiro atoms. The van der Waals surface area contributed by atoms with Gasteiger partial charge in [0, 0.05) is 5.70 Å². The van der Waals surface area contributed by atoms with Crippen LogP contribution in [0.1, 0.15) is 33.1 Å². The quantitative estimate of drug-likeness (QED) is 0.715. The molecule has 0 fully saturated rings. The van der Waals surface area contributed by atoms with Gasteiger partial charge >= 0.3 is 6.01 Å². The number of aromatic nitrogens is 2. The number of unbranched alkanes of at least 4 members (excludes halogenated alkanes) is 2. The zero-order chi connectivity index (χ0) is 13.0. The highest BCUT2D eigenvalue weighted by Crippen LogP contribution is 2.24. The van der Waals surface area contributed by atoms with E-state index in [1.54, 1.807) is 0 Å². The topological polar surface area (TPSA) is 27.1 Å². The molecule has 96 valence electrons. The van der Waals surface area contributed by atoms with Crippen molar-refractivity contribution in [2.75, 3.05) is 6.61 Å². The van der Waals surface area contributed by atoms with Crippen LogP contribution in [0.2, 0.25) is 0 Å². The molecule has 2 aromatic rings. The molecule has 18 heavy (non-hydrogen) atoms. The lowest BCUT2D eigenvalue weighted by Crippen LogP contribution is -2.03. The van der Waals surface area contributed by atoms with E-state index in [2.05, 4.69) is 18.5 Å². The first kappa shape index (κ1) is 12.7. The second kappa shape index (κ2) is 5.71. The summed E-state index contributed by atoms with van der Waals surface area (Å²) in [6.07, 6.45) is 3.45. The largest absolute Gasteiger partial charge is 0.464 e. The Hall–Kier alpha value is -1.77. The summed E-state index contributed by atoms with van der Waals surface area (Å²) < 4.78 is 7.75. The summed E-state index contributed by atoms with van der Waals surface area (Å²) in [6, 6.07) is 8.67. The van der Waals surface area contributed by atoms with Crippen molar-refractivity contribution in [1.29, 1.82) is 0 Å². The Bertz CT molecular complexity index is 542. The lowest BCUT2D eigenvalue weighted by atomic mass is 10.3. The molecular weight excluding hydrogens is 224 g/mol. The van der Waals surface area contributed by atoms with Crippen LogP contribution in [0.25, 0.3) is 16.7 Å². The predicted octanol–water partition coefficient (Wildman–Crippen LogP) is 4.10. The summed E-state index contributed by atoms with van der Waals surface area (Å²) in [7, 11) is 0. The number of ether oxygens (including phenoxy) is 1. The van der Waals surface area contributed by atoms with Gasteiger partial charge < -0.3 is 4.74 Å². The van der Waals surface area contributed by atoms with E-state index in [9.17, 15) is 0 Å². The zero-order valence-electron chi connectivity index (χ0n) is 11.1. The minimum atomic E-state index is 0.653. The molecule has 1 aromatic carbocycles. The first-order valence-electron chi connectivity index (χ1n) is 6.50. The Balaban J connectivity index is 2.25. The van der Waals surface area contributed by atoms with Gasteiger partial charge in [-0.1, -0.05) is 38.5 Å². The first-order valence-corrected chi connectivity index (χ1v) is 6.50. The van der Waals surface area contributed by atoms with Crippen molar-refractivity contribution in [1.82, 2.24) is 9.55 Å². The summed E-state index contributed by atoms with van der Waals surface area (Å²) >= 11 is 0. The Labute approximate surface area is 108 Å². The van der Waals surface area contributed by atoms with Crippen LogP contribution in [0.15, 0.2) is 30.8 Å². The Morgan fingerprint density at radius 3 is 2.83 bits per heavy atom. The zero-order valence-corrected chi connectivity index (χ0v) is 11.1. The number of benzene rings is 1. The average Bonchev–Trinajstić information content (AvgIpc) is 2.73. The van der Waals surface area contributed by atoms with E-state index in [1.807, 2.05) is 35.8 Å². The second-order valence-electron chi connectivity index (χ2n) is 4.51. The molecule has 0 saturated carbocycles. The molecule has 0 radical (unpaired) electrons. The number of fused-ring (bicyclic) bond motifs is 1. The van der Waals surface area contributed by atoms with Gasteiger partial charge in [0.15, 0.2) is 0 Å². The van der Waals surface area contributed by atoms with Gasteiger partial charge in [-0.15, -0.1) is 0 Å². The normalized spacial score (nSPS) is 10.8. The van der Waals surface area contributed by atoms with Crippen molar-refractivity contribution in [3.63, 3.8) is 0 Å². The van der Waals surface area contributed by atoms with Gasteiger partial charge in [-0.2, -0.15) is 4.98 Å². The van der Waals surface area contributed by atoms with Crippen LogP contribution in [-0.2, 0) is 0 Å². The second-order valence-corrected chi connectivity index (χ2v) is 4.51. The third-order valence-corrected chi connectivity index (χ3v) is 2.89. The first-order chi connectivity index (χ1) is 8.74. The van der Waals surface area contributed by atoms with Gasteiger partial charge in [0.2, 0.25) is 0 Å². The van der Waals surface area contributed by atoms with Crippen molar-refractivity contribution in [2.24, 2.45) is 0 Å². The van der Waals surface area contributed by atoms with Gasteiger partial charge in [0.25, 0.3) is 0 Å². The molecular formula is C15H20N2O. The molecule has 0 aliphatic carbocycles. The highest BCUT2D eigenvalue weighted by Gasteiger charge is 2.11. The highest BCUT2D eigenvalue weighted by molar-refractivity contribution is 5.80. The molecule has 1 heterocycles. The van der Waals surface area contributed by atoms with Crippen LogP contribution in [0.4, 0.5) is 0 Å². The lowest BCUT2D eigenvalue weighted by Gasteiger charge is -2.09. The van der Waals surface area contributed by atoms with Crippen LogP contribution in [0.3, 0.4) is 0 Å². The van der Waals surface area contributed by atoms with Crippen molar-refractivity contribution >= 4 is 16.7 Å². The highest BCUT2D eigenvalue weighted by atomic mass is 16.5. The van der Waals surface area contributed by atoms with Crippen LogP contribution in [0, 0.1) is 0 Å². The minimum absolute atomic E-state index is 0.653. The number of nitrogens with zero attached hydrogens (tertiary/aromatic N) is 2. The summed E-state index contributed by atoms with van der Waals surface area (Å²) in [6.45, 7) is 8.86. The van der Waals surface area contributed by atoms with Crippen LogP contribution in [0.5, 0.6) is 6.01 Å². The molecule has 0 unspecified atom stereocenters. The third kappa shape index (κ3) is 2.55. The van der Waals surface area contributed by atoms with E-state index in [-0.39, 0.29) is 0 Å². The number of rotatable bonds is 6. The molecule has 0 aliphatic rings. The monoisotopic (exact) mass is 244 g/mol. The molecule has 1 aromatic heterocycles. The van der Waals surface area contributed by atoms with Crippen LogP contribution < -0.4 is 4.74 Å². The van der Waals surface area contributed by atoms with E-state index in [0.717, 1.165) is 23.2 Å². The lowest BCUT2D eigenvalue weighted by molar-refractivity contribution is 0.280. The summed E-state index contributed by atoms with van der Waals surface area (Å²) in [5, 5.41) is 0. The molecule has 0 aliphatic heterocycles. The molecule has 0 atom stereocenters. The van der Waals surface area contributed by atoms with E-state index < -0.39 is 0 Å². The van der Waals surface area contributed by atoms with Crippen molar-refractivity contribution in [3.05, 3.63) is 30.8 Å². The number of hydrogen-bond donors (Lipinski definition) is 0. The molecule has 3 heteroatoms. The molecule has 0 amide bonds. The molecule has 0 bridgehead atoms. The van der Waals surface area contributed by atoms with E-state index >= 15 is 0 Å².